The van der Waals surface area contributed by atoms with Gasteiger partial charge in [0, 0.05) is 24.8 Å². The van der Waals surface area contributed by atoms with Crippen molar-refractivity contribution in [2.75, 3.05) is 10.7 Å². The van der Waals surface area contributed by atoms with Crippen LogP contribution in [0.3, 0.4) is 0 Å². The van der Waals surface area contributed by atoms with Gasteiger partial charge in [-0.05, 0) is 28.8 Å². The number of amides is 3. The number of aliphatic hydroxyl groups excluding tert-OH is 1. The molecule has 1 aromatic heterocycles. The first kappa shape index (κ1) is 31.4. The molecule has 4 unspecified atom stereocenters. The number of nitrogens with one attached hydrogen (secondary N) is 1. The summed E-state index contributed by atoms with van der Waals surface area (Å²) in [7, 11) is 1.88. The van der Waals surface area contributed by atoms with Crippen molar-refractivity contribution in [2.24, 2.45) is 7.05 Å². The number of hydrogen-bond acceptors (Lipinski definition) is 10. The average Bonchev–Trinajstić information content (AvgIpc) is 3.63. The number of rotatable bonds is 10. The van der Waals surface area contributed by atoms with E-state index < -0.39 is 30.2 Å². The monoisotopic (exact) mass is 643 g/mol. The molecule has 13 heteroatoms. The molecule has 2 aliphatic rings. The number of benzene rings is 3. The van der Waals surface area contributed by atoms with Gasteiger partial charge >= 0.3 is 6.09 Å². The van der Waals surface area contributed by atoms with Crippen LogP contribution in [0.25, 0.3) is 0 Å². The van der Waals surface area contributed by atoms with Crippen molar-refractivity contribution in [3.63, 3.8) is 0 Å². The highest BCUT2D eigenvalue weighted by Crippen LogP contribution is 2.40. The summed E-state index contributed by atoms with van der Waals surface area (Å²) in [6.07, 6.45) is -0.0811. The fourth-order valence-corrected chi connectivity index (χ4v) is 6.23. The van der Waals surface area contributed by atoms with Crippen LogP contribution in [-0.2, 0) is 44.1 Å². The maximum absolute atomic E-state index is 13.3. The van der Waals surface area contributed by atoms with Gasteiger partial charge in [0.2, 0.25) is 5.91 Å². The minimum atomic E-state index is -1.05. The van der Waals surface area contributed by atoms with Crippen LogP contribution in [0.5, 0.6) is 0 Å². The van der Waals surface area contributed by atoms with E-state index >= 15 is 0 Å². The average molecular weight is 644 g/mol. The molecule has 0 radical (unpaired) electrons. The zero-order chi connectivity index (χ0) is 32.0. The summed E-state index contributed by atoms with van der Waals surface area (Å²) in [5.74, 6) is -0.404. The number of carbonyl (C=O) groups is 3. The Morgan fingerprint density at radius 2 is 1.83 bits per heavy atom. The van der Waals surface area contributed by atoms with Gasteiger partial charge < -0.3 is 29.2 Å². The number of anilines is 1. The summed E-state index contributed by atoms with van der Waals surface area (Å²) in [6, 6.07) is 22.6. The van der Waals surface area contributed by atoms with Gasteiger partial charge in [0.25, 0.3) is 5.91 Å². The number of carbonyl (C=O) groups excluding carboxylic acids is 3. The third kappa shape index (κ3) is 7.29. The van der Waals surface area contributed by atoms with Crippen molar-refractivity contribution < 1.29 is 33.7 Å². The number of aryl methyl sites for hydroxylation is 1. The Labute approximate surface area is 269 Å². The lowest BCUT2D eigenvalue weighted by molar-refractivity contribution is -0.245. The van der Waals surface area contributed by atoms with E-state index in [2.05, 4.69) is 15.5 Å². The van der Waals surface area contributed by atoms with Gasteiger partial charge in [-0.25, -0.2) is 9.69 Å². The quantitative estimate of drug-likeness (QED) is 0.191. The molecular formula is C33H33N5O7S. The van der Waals surface area contributed by atoms with E-state index in [1.807, 2.05) is 72.3 Å². The van der Waals surface area contributed by atoms with Crippen molar-refractivity contribution in [3.8, 4) is 0 Å². The van der Waals surface area contributed by atoms with Crippen molar-refractivity contribution in [1.82, 2.24) is 20.1 Å². The number of aliphatic hydroxyl groups is 1. The molecule has 2 N–H and O–H groups in total. The van der Waals surface area contributed by atoms with Crippen LogP contribution >= 0.6 is 11.8 Å². The highest BCUT2D eigenvalue weighted by molar-refractivity contribution is 7.99. The van der Waals surface area contributed by atoms with Gasteiger partial charge in [0.15, 0.2) is 11.4 Å². The number of nitrogens with zero attached hydrogens (tertiary/aromatic N) is 4. The number of aromatic nitrogens is 3. The third-order valence-electron chi connectivity index (χ3n) is 7.74. The van der Waals surface area contributed by atoms with Crippen LogP contribution < -0.4 is 10.2 Å². The van der Waals surface area contributed by atoms with Gasteiger partial charge in [0.05, 0.1) is 30.9 Å². The summed E-state index contributed by atoms with van der Waals surface area (Å²) < 4.78 is 19.9. The fourth-order valence-electron chi connectivity index (χ4n) is 5.33. The normalized spacial score (nSPS) is 21.4. The number of ether oxygens (including phenoxy) is 3. The van der Waals surface area contributed by atoms with Gasteiger partial charge in [-0.3, -0.25) is 9.59 Å². The van der Waals surface area contributed by atoms with Gasteiger partial charge in [-0.15, -0.1) is 10.2 Å². The number of imide groups is 1. The molecule has 0 bridgehead atoms. The van der Waals surface area contributed by atoms with E-state index in [9.17, 15) is 19.5 Å². The highest BCUT2D eigenvalue weighted by atomic mass is 32.2. The minimum Gasteiger partial charge on any atom is -0.445 e. The number of alkyl carbamates (subject to hydrolysis) is 1. The molecule has 238 valence electrons. The van der Waals surface area contributed by atoms with Crippen molar-refractivity contribution in [3.05, 3.63) is 107 Å². The summed E-state index contributed by atoms with van der Waals surface area (Å²) in [6.45, 7) is -0.0141. The molecule has 3 aromatic carbocycles. The van der Waals surface area contributed by atoms with E-state index in [0.717, 1.165) is 26.7 Å². The molecule has 0 saturated carbocycles. The Bertz CT molecular complexity index is 1680. The number of hydrogen-bond donors (Lipinski definition) is 2. The van der Waals surface area contributed by atoms with Crippen LogP contribution in [-0.4, -0.2) is 55.7 Å². The van der Waals surface area contributed by atoms with Crippen LogP contribution in [0, 0.1) is 0 Å². The first-order chi connectivity index (χ1) is 22.4. The molecule has 0 spiro atoms. The Morgan fingerprint density at radius 3 is 2.57 bits per heavy atom. The van der Waals surface area contributed by atoms with Crippen molar-refractivity contribution in [2.45, 2.75) is 55.8 Å². The smallest absolute Gasteiger partial charge is 0.408 e. The van der Waals surface area contributed by atoms with Crippen LogP contribution in [0.2, 0.25) is 0 Å². The molecule has 3 heterocycles. The molecule has 46 heavy (non-hydrogen) atoms. The van der Waals surface area contributed by atoms with Gasteiger partial charge in [-0.2, -0.15) is 0 Å². The maximum atomic E-state index is 13.3. The molecule has 0 aliphatic carbocycles. The van der Waals surface area contributed by atoms with E-state index in [0.29, 0.717) is 23.4 Å². The predicted octanol–water partition coefficient (Wildman–Crippen LogP) is 4.20. The lowest BCUT2D eigenvalue weighted by Crippen LogP contribution is -2.42. The van der Waals surface area contributed by atoms with E-state index in [1.54, 1.807) is 24.5 Å². The molecule has 12 nitrogen and oxygen atoms in total. The second-order valence-electron chi connectivity index (χ2n) is 11.0. The van der Waals surface area contributed by atoms with Gasteiger partial charge in [0.1, 0.15) is 19.0 Å². The van der Waals surface area contributed by atoms with Crippen molar-refractivity contribution >= 4 is 35.4 Å². The van der Waals surface area contributed by atoms with Crippen molar-refractivity contribution in [1.29, 1.82) is 0 Å². The minimum absolute atomic E-state index is 0.0410. The summed E-state index contributed by atoms with van der Waals surface area (Å²) in [4.78, 5) is 39.8. The molecule has 2 aliphatic heterocycles. The Kier molecular flexibility index (Phi) is 9.73. The van der Waals surface area contributed by atoms with E-state index in [1.165, 1.54) is 11.8 Å². The zero-order valence-electron chi connectivity index (χ0n) is 25.0. The Balaban J connectivity index is 1.16. The summed E-state index contributed by atoms with van der Waals surface area (Å²) >= 11 is 1.53. The maximum Gasteiger partial charge on any atom is 0.408 e. The lowest BCUT2D eigenvalue weighted by atomic mass is 10.0. The molecule has 6 rings (SSSR count). The standard InChI is InChI=1S/C33H33N5O7S/c1-37-20-34-36-32(37)46-19-26-15-28(23-12-10-21(17-39)11-13-23)45-31(44-26)24-8-5-9-25(14-24)38-29(40)16-27(30(38)41)35-33(42)43-18-22-6-3-2-4-7-22/h2-14,20,26-28,31,39H,15-19H2,1H3,(H,35,42). The van der Waals surface area contributed by atoms with Gasteiger partial charge in [-0.1, -0.05) is 78.5 Å². The molecule has 2 fully saturated rings. The zero-order valence-corrected chi connectivity index (χ0v) is 25.8. The molecule has 4 atom stereocenters. The largest absolute Gasteiger partial charge is 0.445 e. The lowest BCUT2D eigenvalue weighted by Gasteiger charge is -2.36. The van der Waals surface area contributed by atoms with Crippen LogP contribution in [0.15, 0.2) is 90.3 Å². The molecule has 4 aromatic rings. The Hall–Kier alpha value is -4.56. The molecular weight excluding hydrogens is 610 g/mol. The first-order valence-corrected chi connectivity index (χ1v) is 15.8. The van der Waals surface area contributed by atoms with Crippen LogP contribution in [0.1, 0.15) is 47.5 Å². The SMILES string of the molecule is Cn1cnnc1SCC1CC(c2ccc(CO)cc2)OC(c2cccc(N3C(=O)CC(NC(=O)OCc4ccccc4)C3=O)c2)O1. The first-order valence-electron chi connectivity index (χ1n) is 14.8. The van der Waals surface area contributed by atoms with E-state index in [4.69, 9.17) is 14.2 Å². The summed E-state index contributed by atoms with van der Waals surface area (Å²) in [5, 5.41) is 20.9. The van der Waals surface area contributed by atoms with Crippen LogP contribution in [0.4, 0.5) is 10.5 Å². The second kappa shape index (κ2) is 14.3. The molecule has 3 amide bonds. The highest BCUT2D eigenvalue weighted by Gasteiger charge is 2.41. The second-order valence-corrected chi connectivity index (χ2v) is 12.0. The predicted molar refractivity (Wildman–Crippen MR) is 167 cm³/mol. The summed E-state index contributed by atoms with van der Waals surface area (Å²) in [5.41, 5.74) is 3.51. The third-order valence-corrected chi connectivity index (χ3v) is 8.90. The Morgan fingerprint density at radius 1 is 1.02 bits per heavy atom. The topological polar surface area (TPSA) is 145 Å². The van der Waals surface area contributed by atoms with E-state index in [-0.39, 0.29) is 31.8 Å². The fraction of sp³-hybridized carbons (Fsp3) is 0.303. The molecule has 2 saturated heterocycles. The number of thioether (sulfide) groups is 1.